The van der Waals surface area contributed by atoms with E-state index in [2.05, 4.69) is 51.8 Å². The number of nitrogens with one attached hydrogen (secondary N) is 1. The summed E-state index contributed by atoms with van der Waals surface area (Å²) in [6, 6.07) is 0.816. The van der Waals surface area contributed by atoms with Gasteiger partial charge in [0.15, 0.2) is 0 Å². The fourth-order valence-corrected chi connectivity index (χ4v) is 3.78. The molecule has 2 atom stereocenters. The minimum atomic E-state index is 0.432. The molecule has 2 unspecified atom stereocenters. The highest BCUT2D eigenvalue weighted by molar-refractivity contribution is 4.88. The van der Waals surface area contributed by atoms with Crippen LogP contribution in [0.1, 0.15) is 67.2 Å². The summed E-state index contributed by atoms with van der Waals surface area (Å²) in [5, 5.41) is 3.70. The Morgan fingerprint density at radius 2 is 1.95 bits per heavy atom. The molecular formula is C18H38N2. The van der Waals surface area contributed by atoms with E-state index in [1.165, 1.54) is 45.3 Å². The SMILES string of the molecule is CCCC(C)(CNCC(C)C)CN1CCCC1C(C)C. The summed E-state index contributed by atoms with van der Waals surface area (Å²) in [6.45, 7) is 19.1. The normalized spacial score (nSPS) is 23.7. The van der Waals surface area contributed by atoms with Gasteiger partial charge in [-0.2, -0.15) is 0 Å². The van der Waals surface area contributed by atoms with Gasteiger partial charge in [-0.15, -0.1) is 0 Å². The lowest BCUT2D eigenvalue weighted by Crippen LogP contribution is -2.45. The smallest absolute Gasteiger partial charge is 0.0119 e. The van der Waals surface area contributed by atoms with Crippen LogP contribution in [-0.4, -0.2) is 37.1 Å². The minimum absolute atomic E-state index is 0.432. The first-order valence-electron chi connectivity index (χ1n) is 8.82. The predicted octanol–water partition coefficient (Wildman–Crippen LogP) is 4.16. The molecule has 0 aliphatic carbocycles. The number of rotatable bonds is 9. The third-order valence-electron chi connectivity index (χ3n) is 4.73. The maximum absolute atomic E-state index is 3.70. The fourth-order valence-electron chi connectivity index (χ4n) is 3.78. The quantitative estimate of drug-likeness (QED) is 0.683. The van der Waals surface area contributed by atoms with E-state index < -0.39 is 0 Å². The zero-order valence-corrected chi connectivity index (χ0v) is 14.8. The van der Waals surface area contributed by atoms with Crippen LogP contribution in [0.2, 0.25) is 0 Å². The van der Waals surface area contributed by atoms with Gasteiger partial charge in [0.2, 0.25) is 0 Å². The summed E-state index contributed by atoms with van der Waals surface area (Å²) >= 11 is 0. The van der Waals surface area contributed by atoms with Gasteiger partial charge in [0.1, 0.15) is 0 Å². The molecule has 0 saturated carbocycles. The van der Waals surface area contributed by atoms with Gasteiger partial charge >= 0.3 is 0 Å². The van der Waals surface area contributed by atoms with E-state index in [-0.39, 0.29) is 0 Å². The van der Waals surface area contributed by atoms with E-state index in [9.17, 15) is 0 Å². The van der Waals surface area contributed by atoms with Gasteiger partial charge in [0.05, 0.1) is 0 Å². The molecule has 0 spiro atoms. The van der Waals surface area contributed by atoms with Crippen LogP contribution in [0.3, 0.4) is 0 Å². The van der Waals surface area contributed by atoms with Crippen molar-refractivity contribution in [2.45, 2.75) is 73.3 Å². The summed E-state index contributed by atoms with van der Waals surface area (Å²) in [5.41, 5.74) is 0.432. The zero-order valence-electron chi connectivity index (χ0n) is 14.8. The molecule has 1 saturated heterocycles. The van der Waals surface area contributed by atoms with Gasteiger partial charge in [-0.05, 0) is 49.6 Å². The highest BCUT2D eigenvalue weighted by Gasteiger charge is 2.33. The van der Waals surface area contributed by atoms with Gasteiger partial charge in [0.25, 0.3) is 0 Å². The van der Waals surface area contributed by atoms with Gasteiger partial charge < -0.3 is 5.32 Å². The molecule has 1 fully saturated rings. The van der Waals surface area contributed by atoms with E-state index in [1.807, 2.05) is 0 Å². The van der Waals surface area contributed by atoms with E-state index in [0.29, 0.717) is 5.41 Å². The first-order chi connectivity index (χ1) is 9.38. The van der Waals surface area contributed by atoms with Crippen molar-refractivity contribution in [1.82, 2.24) is 10.2 Å². The lowest BCUT2D eigenvalue weighted by molar-refractivity contribution is 0.118. The lowest BCUT2D eigenvalue weighted by atomic mass is 9.84. The summed E-state index contributed by atoms with van der Waals surface area (Å²) < 4.78 is 0. The molecule has 0 aromatic heterocycles. The van der Waals surface area contributed by atoms with E-state index in [0.717, 1.165) is 24.4 Å². The van der Waals surface area contributed by atoms with Crippen molar-refractivity contribution in [1.29, 1.82) is 0 Å². The molecule has 1 aliphatic rings. The molecule has 20 heavy (non-hydrogen) atoms. The zero-order chi connectivity index (χ0) is 15.2. The highest BCUT2D eigenvalue weighted by atomic mass is 15.2. The monoisotopic (exact) mass is 282 g/mol. The third-order valence-corrected chi connectivity index (χ3v) is 4.73. The van der Waals surface area contributed by atoms with Crippen LogP contribution in [0.4, 0.5) is 0 Å². The topological polar surface area (TPSA) is 15.3 Å². The molecule has 1 aliphatic heterocycles. The Morgan fingerprint density at radius 1 is 1.25 bits per heavy atom. The van der Waals surface area contributed by atoms with Crippen molar-refractivity contribution in [3.05, 3.63) is 0 Å². The van der Waals surface area contributed by atoms with Gasteiger partial charge in [0, 0.05) is 19.1 Å². The Hall–Kier alpha value is -0.0800. The largest absolute Gasteiger partial charge is 0.316 e. The predicted molar refractivity (Wildman–Crippen MR) is 90.2 cm³/mol. The first-order valence-corrected chi connectivity index (χ1v) is 8.82. The van der Waals surface area contributed by atoms with Crippen LogP contribution in [-0.2, 0) is 0 Å². The second kappa shape index (κ2) is 8.38. The van der Waals surface area contributed by atoms with Crippen LogP contribution < -0.4 is 5.32 Å². The number of hydrogen-bond acceptors (Lipinski definition) is 2. The Morgan fingerprint density at radius 3 is 2.50 bits per heavy atom. The summed E-state index contributed by atoms with van der Waals surface area (Å²) in [5.74, 6) is 1.54. The molecular weight excluding hydrogens is 244 g/mol. The van der Waals surface area contributed by atoms with Crippen molar-refractivity contribution in [2.24, 2.45) is 17.3 Å². The van der Waals surface area contributed by atoms with E-state index in [4.69, 9.17) is 0 Å². The second-order valence-corrected chi connectivity index (χ2v) is 8.01. The van der Waals surface area contributed by atoms with Crippen LogP contribution in [0, 0.1) is 17.3 Å². The summed E-state index contributed by atoms with van der Waals surface area (Å²) in [4.78, 5) is 2.78. The Balaban J connectivity index is 2.55. The van der Waals surface area contributed by atoms with Gasteiger partial charge in [-0.3, -0.25) is 4.90 Å². The number of hydrogen-bond donors (Lipinski definition) is 1. The maximum Gasteiger partial charge on any atom is 0.0119 e. The Bertz CT molecular complexity index is 262. The molecule has 1 rings (SSSR count). The summed E-state index contributed by atoms with van der Waals surface area (Å²) in [7, 11) is 0. The minimum Gasteiger partial charge on any atom is -0.316 e. The molecule has 0 bridgehead atoms. The van der Waals surface area contributed by atoms with Crippen LogP contribution >= 0.6 is 0 Å². The van der Waals surface area contributed by atoms with Gasteiger partial charge in [-0.1, -0.05) is 48.0 Å². The first kappa shape index (κ1) is 18.0. The third kappa shape index (κ3) is 5.73. The number of likely N-dealkylation sites (tertiary alicyclic amines) is 1. The van der Waals surface area contributed by atoms with E-state index in [1.54, 1.807) is 0 Å². The molecule has 0 aromatic rings. The van der Waals surface area contributed by atoms with E-state index >= 15 is 0 Å². The molecule has 1 N–H and O–H groups in total. The summed E-state index contributed by atoms with van der Waals surface area (Å²) in [6.07, 6.45) is 5.42. The van der Waals surface area contributed by atoms with Crippen molar-refractivity contribution >= 4 is 0 Å². The maximum atomic E-state index is 3.70. The van der Waals surface area contributed by atoms with Crippen LogP contribution in [0.25, 0.3) is 0 Å². The standard InChI is InChI=1S/C18H38N2/c1-7-10-18(6,13-19-12-15(2)3)14-20-11-8-9-17(20)16(4)5/h15-17,19H,7-14H2,1-6H3. The second-order valence-electron chi connectivity index (χ2n) is 8.01. The Kier molecular flexibility index (Phi) is 7.53. The van der Waals surface area contributed by atoms with Crippen molar-refractivity contribution < 1.29 is 0 Å². The molecule has 0 aromatic carbocycles. The number of nitrogens with zero attached hydrogens (tertiary/aromatic N) is 1. The molecule has 0 radical (unpaired) electrons. The van der Waals surface area contributed by atoms with Crippen molar-refractivity contribution in [3.63, 3.8) is 0 Å². The van der Waals surface area contributed by atoms with Crippen LogP contribution in [0.15, 0.2) is 0 Å². The highest BCUT2D eigenvalue weighted by Crippen LogP contribution is 2.30. The van der Waals surface area contributed by atoms with Crippen molar-refractivity contribution in [3.8, 4) is 0 Å². The fraction of sp³-hybridized carbons (Fsp3) is 1.00. The van der Waals surface area contributed by atoms with Crippen molar-refractivity contribution in [2.75, 3.05) is 26.2 Å². The molecule has 2 nitrogen and oxygen atoms in total. The molecule has 0 amide bonds. The molecule has 1 heterocycles. The lowest BCUT2D eigenvalue weighted by Gasteiger charge is -2.38. The van der Waals surface area contributed by atoms with Crippen LogP contribution in [0.5, 0.6) is 0 Å². The molecule has 2 heteroatoms. The average molecular weight is 283 g/mol. The average Bonchev–Trinajstić information content (AvgIpc) is 2.76. The van der Waals surface area contributed by atoms with Gasteiger partial charge in [-0.25, -0.2) is 0 Å². The Labute approximate surface area is 127 Å². The molecule has 120 valence electrons.